The van der Waals surface area contributed by atoms with E-state index >= 15 is 0 Å². The molecule has 2 aliphatic rings. The van der Waals surface area contributed by atoms with Crippen molar-refractivity contribution in [3.63, 3.8) is 0 Å². The van der Waals surface area contributed by atoms with Crippen LogP contribution in [0.5, 0.6) is 0 Å². The van der Waals surface area contributed by atoms with Crippen LogP contribution < -0.4 is 5.32 Å². The Bertz CT molecular complexity index is 357. The van der Waals surface area contributed by atoms with Crippen molar-refractivity contribution in [2.45, 2.75) is 12.0 Å². The smallest absolute Gasteiger partial charge is 0.0952 e. The van der Waals surface area contributed by atoms with Crippen molar-refractivity contribution in [2.75, 3.05) is 32.9 Å². The third kappa shape index (κ3) is 1.86. The Kier molecular flexibility index (Phi) is 2.91. The number of hydrogen-bond donors (Lipinski definition) is 1. The molecule has 0 aromatic heterocycles. The van der Waals surface area contributed by atoms with Gasteiger partial charge in [0.15, 0.2) is 0 Å². The fraction of sp³-hybridized carbons (Fsp3) is 0.538. The highest BCUT2D eigenvalue weighted by Crippen LogP contribution is 2.31. The van der Waals surface area contributed by atoms with Crippen molar-refractivity contribution >= 4 is 0 Å². The summed E-state index contributed by atoms with van der Waals surface area (Å²) in [7, 11) is 0. The van der Waals surface area contributed by atoms with Gasteiger partial charge in [0, 0.05) is 19.0 Å². The Morgan fingerprint density at radius 3 is 2.56 bits per heavy atom. The first kappa shape index (κ1) is 10.3. The Labute approximate surface area is 95.8 Å². The molecule has 2 fully saturated rings. The average Bonchev–Trinajstić information content (AvgIpc) is 2.29. The van der Waals surface area contributed by atoms with Crippen LogP contribution in [0, 0.1) is 0 Å². The van der Waals surface area contributed by atoms with E-state index in [1.807, 2.05) is 0 Å². The van der Waals surface area contributed by atoms with Crippen molar-refractivity contribution < 1.29 is 9.47 Å². The molecule has 0 spiro atoms. The molecule has 1 unspecified atom stereocenters. The summed E-state index contributed by atoms with van der Waals surface area (Å²) in [6.45, 7) is 4.41. The number of ether oxygens (including phenoxy) is 2. The predicted molar refractivity (Wildman–Crippen MR) is 61.6 cm³/mol. The van der Waals surface area contributed by atoms with Gasteiger partial charge in [-0.2, -0.15) is 0 Å². The molecule has 1 atom stereocenters. The summed E-state index contributed by atoms with van der Waals surface area (Å²) in [6.07, 6.45) is 0.213. The number of nitrogens with one attached hydrogen (secondary N) is 1. The molecule has 0 bridgehead atoms. The normalized spacial score (nSPS) is 26.4. The summed E-state index contributed by atoms with van der Waals surface area (Å²) in [4.78, 5) is 0. The second-order valence-corrected chi connectivity index (χ2v) is 4.43. The summed E-state index contributed by atoms with van der Waals surface area (Å²) in [5, 5.41) is 3.38. The predicted octanol–water partition coefficient (Wildman–Crippen LogP) is 1.46. The molecule has 0 aliphatic carbocycles. The lowest BCUT2D eigenvalue weighted by Gasteiger charge is -2.32. The minimum atomic E-state index is 0.213. The summed E-state index contributed by atoms with van der Waals surface area (Å²) < 4.78 is 11.1. The van der Waals surface area contributed by atoms with Crippen molar-refractivity contribution in [3.05, 3.63) is 35.4 Å². The van der Waals surface area contributed by atoms with Crippen LogP contribution in [-0.4, -0.2) is 32.9 Å². The van der Waals surface area contributed by atoms with Crippen molar-refractivity contribution in [3.8, 4) is 0 Å². The third-order valence-electron chi connectivity index (χ3n) is 3.35. The Hall–Kier alpha value is -0.900. The van der Waals surface area contributed by atoms with Crippen molar-refractivity contribution in [2.24, 2.45) is 0 Å². The molecular formula is C13H17NO2. The molecule has 2 saturated heterocycles. The van der Waals surface area contributed by atoms with Crippen LogP contribution in [0.1, 0.15) is 23.1 Å². The minimum absolute atomic E-state index is 0.213. The van der Waals surface area contributed by atoms with Crippen LogP contribution in [0.3, 0.4) is 0 Å². The number of hydrogen-bond acceptors (Lipinski definition) is 3. The quantitative estimate of drug-likeness (QED) is 0.817. The molecule has 16 heavy (non-hydrogen) atoms. The van der Waals surface area contributed by atoms with Crippen LogP contribution in [0.25, 0.3) is 0 Å². The van der Waals surface area contributed by atoms with Gasteiger partial charge >= 0.3 is 0 Å². The van der Waals surface area contributed by atoms with Crippen LogP contribution in [0.4, 0.5) is 0 Å². The Morgan fingerprint density at radius 1 is 1.12 bits per heavy atom. The van der Waals surface area contributed by atoms with E-state index in [0.717, 1.165) is 32.9 Å². The fourth-order valence-electron chi connectivity index (χ4n) is 2.36. The van der Waals surface area contributed by atoms with Crippen molar-refractivity contribution in [1.29, 1.82) is 0 Å². The van der Waals surface area contributed by atoms with Crippen LogP contribution in [0.15, 0.2) is 24.3 Å². The standard InChI is InChI=1S/C13H17NO2/c1-2-4-12(13-7-14-5-6-16-13)11(3-1)10-8-15-9-10/h1-4,10,13-14H,5-9H2. The first-order chi connectivity index (χ1) is 7.95. The van der Waals surface area contributed by atoms with Gasteiger partial charge in [-0.05, 0) is 11.1 Å². The zero-order valence-corrected chi connectivity index (χ0v) is 9.32. The molecule has 0 radical (unpaired) electrons. The summed E-state index contributed by atoms with van der Waals surface area (Å²) in [5.41, 5.74) is 2.74. The first-order valence-electron chi connectivity index (χ1n) is 5.94. The first-order valence-corrected chi connectivity index (χ1v) is 5.94. The maximum Gasteiger partial charge on any atom is 0.0952 e. The molecule has 1 aromatic rings. The highest BCUT2D eigenvalue weighted by atomic mass is 16.5. The summed E-state index contributed by atoms with van der Waals surface area (Å²) >= 11 is 0. The van der Waals surface area contributed by atoms with Crippen molar-refractivity contribution in [1.82, 2.24) is 5.32 Å². The monoisotopic (exact) mass is 219 g/mol. The largest absolute Gasteiger partial charge is 0.380 e. The van der Waals surface area contributed by atoms with E-state index in [1.165, 1.54) is 11.1 Å². The van der Waals surface area contributed by atoms with Crippen LogP contribution >= 0.6 is 0 Å². The van der Waals surface area contributed by atoms with Crippen LogP contribution in [-0.2, 0) is 9.47 Å². The van der Waals surface area contributed by atoms with Gasteiger partial charge in [0.05, 0.1) is 25.9 Å². The Morgan fingerprint density at radius 2 is 1.94 bits per heavy atom. The molecule has 0 amide bonds. The van der Waals surface area contributed by atoms with E-state index in [9.17, 15) is 0 Å². The van der Waals surface area contributed by atoms with E-state index in [4.69, 9.17) is 9.47 Å². The summed E-state index contributed by atoms with van der Waals surface area (Å²) in [6, 6.07) is 8.59. The van der Waals surface area contributed by atoms with E-state index in [-0.39, 0.29) is 6.10 Å². The highest BCUT2D eigenvalue weighted by Gasteiger charge is 2.26. The topological polar surface area (TPSA) is 30.5 Å². The number of benzene rings is 1. The van der Waals surface area contributed by atoms with E-state index in [0.29, 0.717) is 5.92 Å². The van der Waals surface area contributed by atoms with Gasteiger partial charge in [-0.15, -0.1) is 0 Å². The molecule has 1 aromatic carbocycles. The zero-order valence-electron chi connectivity index (χ0n) is 9.32. The number of morpholine rings is 1. The molecule has 86 valence electrons. The summed E-state index contributed by atoms with van der Waals surface area (Å²) in [5.74, 6) is 0.571. The molecule has 2 heterocycles. The van der Waals surface area contributed by atoms with Gasteiger partial charge in [0.2, 0.25) is 0 Å². The second kappa shape index (κ2) is 4.53. The molecule has 3 nitrogen and oxygen atoms in total. The molecule has 2 aliphatic heterocycles. The molecule has 3 rings (SSSR count). The van der Waals surface area contributed by atoms with E-state index in [1.54, 1.807) is 0 Å². The van der Waals surface area contributed by atoms with Gasteiger partial charge in [-0.25, -0.2) is 0 Å². The zero-order chi connectivity index (χ0) is 10.8. The van der Waals surface area contributed by atoms with Gasteiger partial charge < -0.3 is 14.8 Å². The average molecular weight is 219 g/mol. The second-order valence-electron chi connectivity index (χ2n) is 4.43. The highest BCUT2D eigenvalue weighted by molar-refractivity contribution is 5.34. The molecule has 1 N–H and O–H groups in total. The lowest BCUT2D eigenvalue weighted by molar-refractivity contribution is 0.00233. The third-order valence-corrected chi connectivity index (χ3v) is 3.35. The van der Waals surface area contributed by atoms with E-state index in [2.05, 4.69) is 29.6 Å². The molecular weight excluding hydrogens is 202 g/mol. The molecule has 0 saturated carbocycles. The lowest BCUT2D eigenvalue weighted by atomic mass is 9.90. The lowest BCUT2D eigenvalue weighted by Crippen LogP contribution is -2.35. The van der Waals surface area contributed by atoms with Crippen LogP contribution in [0.2, 0.25) is 0 Å². The van der Waals surface area contributed by atoms with Gasteiger partial charge in [-0.3, -0.25) is 0 Å². The van der Waals surface area contributed by atoms with Gasteiger partial charge in [-0.1, -0.05) is 24.3 Å². The molecule has 3 heteroatoms. The van der Waals surface area contributed by atoms with Gasteiger partial charge in [0.1, 0.15) is 0 Å². The maximum atomic E-state index is 5.82. The number of rotatable bonds is 2. The Balaban J connectivity index is 1.86. The minimum Gasteiger partial charge on any atom is -0.380 e. The SMILES string of the molecule is c1ccc(C2CNCCO2)c(C2COC2)c1. The fourth-order valence-corrected chi connectivity index (χ4v) is 2.36. The van der Waals surface area contributed by atoms with Gasteiger partial charge in [0.25, 0.3) is 0 Å². The van der Waals surface area contributed by atoms with E-state index < -0.39 is 0 Å². The maximum absolute atomic E-state index is 5.82.